The van der Waals surface area contributed by atoms with Crippen molar-refractivity contribution in [1.82, 2.24) is 4.57 Å². The fourth-order valence-electron chi connectivity index (χ4n) is 3.90. The van der Waals surface area contributed by atoms with Gasteiger partial charge in [-0.15, -0.1) is 0 Å². The Morgan fingerprint density at radius 3 is 1.73 bits per heavy atom. The molecule has 1 heteroatoms. The van der Waals surface area contributed by atoms with E-state index in [9.17, 15) is 0 Å². The van der Waals surface area contributed by atoms with E-state index in [4.69, 9.17) is 0 Å². The summed E-state index contributed by atoms with van der Waals surface area (Å²) in [6.07, 6.45) is 0. The Labute approximate surface area is 153 Å². The molecule has 26 heavy (non-hydrogen) atoms. The van der Waals surface area contributed by atoms with Crippen LogP contribution in [0.1, 0.15) is 5.56 Å². The zero-order valence-corrected chi connectivity index (χ0v) is 14.7. The molecule has 0 atom stereocenters. The zero-order chi connectivity index (χ0) is 17.5. The van der Waals surface area contributed by atoms with Gasteiger partial charge >= 0.3 is 0 Å². The molecule has 4 aromatic carbocycles. The van der Waals surface area contributed by atoms with Crippen LogP contribution in [-0.2, 0) is 0 Å². The molecule has 1 nitrogen and oxygen atoms in total. The maximum atomic E-state index is 2.38. The highest BCUT2D eigenvalue weighted by atomic mass is 15.0. The second kappa shape index (κ2) is 5.89. The summed E-state index contributed by atoms with van der Waals surface area (Å²) in [7, 11) is 0. The van der Waals surface area contributed by atoms with Crippen LogP contribution in [0.3, 0.4) is 0 Å². The Balaban J connectivity index is 1.78. The first-order chi connectivity index (χ1) is 12.8. The van der Waals surface area contributed by atoms with E-state index >= 15 is 0 Å². The second-order valence-electron chi connectivity index (χ2n) is 6.74. The average Bonchev–Trinajstić information content (AvgIpc) is 3.03. The summed E-state index contributed by atoms with van der Waals surface area (Å²) >= 11 is 0. The van der Waals surface area contributed by atoms with E-state index in [1.807, 2.05) is 0 Å². The predicted molar refractivity (Wildman–Crippen MR) is 111 cm³/mol. The number of nitrogens with zero attached hydrogens (tertiary/aromatic N) is 1. The smallest absolute Gasteiger partial charge is 0.0541 e. The Bertz CT molecular complexity index is 1180. The van der Waals surface area contributed by atoms with Crippen molar-refractivity contribution in [2.45, 2.75) is 6.92 Å². The molecule has 0 fully saturated rings. The molecular weight excluding hydrogens is 314 g/mol. The Kier molecular flexibility index (Phi) is 3.39. The van der Waals surface area contributed by atoms with E-state index in [2.05, 4.69) is 109 Å². The van der Waals surface area contributed by atoms with Crippen molar-refractivity contribution in [3.05, 3.63) is 103 Å². The lowest BCUT2D eigenvalue weighted by atomic mass is 10.0. The van der Waals surface area contributed by atoms with Gasteiger partial charge in [0.1, 0.15) is 0 Å². The molecule has 5 aromatic rings. The molecule has 124 valence electrons. The lowest BCUT2D eigenvalue weighted by molar-refractivity contribution is 1.15. The van der Waals surface area contributed by atoms with Crippen molar-refractivity contribution in [2.24, 2.45) is 0 Å². The van der Waals surface area contributed by atoms with Crippen LogP contribution in [0, 0.1) is 6.92 Å². The van der Waals surface area contributed by atoms with Crippen molar-refractivity contribution >= 4 is 21.8 Å². The molecule has 1 heterocycles. The van der Waals surface area contributed by atoms with Crippen LogP contribution in [0.2, 0.25) is 0 Å². The molecule has 0 aliphatic rings. The number of benzene rings is 4. The largest absolute Gasteiger partial charge is 0.309 e. The van der Waals surface area contributed by atoms with E-state index in [-0.39, 0.29) is 0 Å². The Morgan fingerprint density at radius 1 is 0.538 bits per heavy atom. The van der Waals surface area contributed by atoms with Crippen molar-refractivity contribution in [2.75, 3.05) is 0 Å². The summed E-state index contributed by atoms with van der Waals surface area (Å²) < 4.78 is 2.38. The second-order valence-corrected chi connectivity index (χ2v) is 6.74. The molecule has 0 aliphatic carbocycles. The number of aryl methyl sites for hydroxylation is 1. The van der Waals surface area contributed by atoms with Gasteiger partial charge in [-0.1, -0.05) is 72.8 Å². The van der Waals surface area contributed by atoms with Crippen LogP contribution < -0.4 is 0 Å². The number of rotatable bonds is 2. The molecule has 0 aliphatic heterocycles. The molecule has 0 amide bonds. The van der Waals surface area contributed by atoms with Gasteiger partial charge in [0.15, 0.2) is 0 Å². The maximum Gasteiger partial charge on any atom is 0.0541 e. The van der Waals surface area contributed by atoms with Crippen LogP contribution in [0.4, 0.5) is 0 Å². The normalized spacial score (nSPS) is 11.3. The van der Waals surface area contributed by atoms with Gasteiger partial charge in [-0.2, -0.15) is 0 Å². The highest BCUT2D eigenvalue weighted by Crippen LogP contribution is 2.33. The summed E-state index contributed by atoms with van der Waals surface area (Å²) in [6.45, 7) is 2.20. The molecule has 0 saturated heterocycles. The standard InChI is InChI=1S/C25H19N/c1-18-17-20(19-9-3-2-4-10-19)15-16-23(18)26-24-13-7-5-11-21(24)22-12-6-8-14-25(22)26/h2-17H,1H3. The number of hydrogen-bond acceptors (Lipinski definition) is 0. The van der Waals surface area contributed by atoms with Gasteiger partial charge < -0.3 is 4.57 Å². The number of aromatic nitrogens is 1. The molecular formula is C25H19N. The van der Waals surface area contributed by atoms with Gasteiger partial charge in [-0.3, -0.25) is 0 Å². The number of para-hydroxylation sites is 2. The fraction of sp³-hybridized carbons (Fsp3) is 0.0400. The molecule has 0 N–H and O–H groups in total. The third-order valence-corrected chi connectivity index (χ3v) is 5.12. The predicted octanol–water partition coefficient (Wildman–Crippen LogP) is 6.76. The molecule has 0 spiro atoms. The quantitative estimate of drug-likeness (QED) is 0.336. The van der Waals surface area contributed by atoms with Gasteiger partial charge in [-0.25, -0.2) is 0 Å². The summed E-state index contributed by atoms with van der Waals surface area (Å²) in [5.41, 5.74) is 7.53. The number of fused-ring (bicyclic) bond motifs is 3. The zero-order valence-electron chi connectivity index (χ0n) is 14.7. The summed E-state index contributed by atoms with van der Waals surface area (Å²) in [4.78, 5) is 0. The number of hydrogen-bond donors (Lipinski definition) is 0. The van der Waals surface area contributed by atoms with Gasteiger partial charge in [0, 0.05) is 16.5 Å². The lowest BCUT2D eigenvalue weighted by Gasteiger charge is -2.13. The molecule has 0 radical (unpaired) electrons. The van der Waals surface area contributed by atoms with E-state index in [0.717, 1.165) is 0 Å². The van der Waals surface area contributed by atoms with Crippen molar-refractivity contribution in [3.63, 3.8) is 0 Å². The topological polar surface area (TPSA) is 4.93 Å². The average molecular weight is 333 g/mol. The Hall–Kier alpha value is -3.32. The van der Waals surface area contributed by atoms with Crippen molar-refractivity contribution < 1.29 is 0 Å². The molecule has 0 saturated carbocycles. The summed E-state index contributed by atoms with van der Waals surface area (Å²) in [5, 5.41) is 2.60. The minimum absolute atomic E-state index is 1.24. The van der Waals surface area contributed by atoms with E-state index < -0.39 is 0 Å². The van der Waals surface area contributed by atoms with Crippen LogP contribution in [-0.4, -0.2) is 4.57 Å². The minimum Gasteiger partial charge on any atom is -0.309 e. The molecule has 5 rings (SSSR count). The van der Waals surface area contributed by atoms with Gasteiger partial charge in [0.25, 0.3) is 0 Å². The van der Waals surface area contributed by atoms with Gasteiger partial charge in [0.2, 0.25) is 0 Å². The highest BCUT2D eigenvalue weighted by Gasteiger charge is 2.13. The first-order valence-electron chi connectivity index (χ1n) is 8.97. The third-order valence-electron chi connectivity index (χ3n) is 5.12. The minimum atomic E-state index is 1.24. The van der Waals surface area contributed by atoms with E-state index in [0.29, 0.717) is 0 Å². The summed E-state index contributed by atoms with van der Waals surface area (Å²) in [5.74, 6) is 0. The first kappa shape index (κ1) is 15.0. The SMILES string of the molecule is Cc1cc(-c2ccccc2)ccc1-n1c2ccccc2c2ccccc21. The first-order valence-corrected chi connectivity index (χ1v) is 8.97. The lowest BCUT2D eigenvalue weighted by Crippen LogP contribution is -1.97. The van der Waals surface area contributed by atoms with Crippen LogP contribution in [0.15, 0.2) is 97.1 Å². The summed E-state index contributed by atoms with van der Waals surface area (Å²) in [6, 6.07) is 34.6. The van der Waals surface area contributed by atoms with E-state index in [1.54, 1.807) is 0 Å². The monoisotopic (exact) mass is 333 g/mol. The maximum absolute atomic E-state index is 2.38. The highest BCUT2D eigenvalue weighted by molar-refractivity contribution is 6.09. The molecule has 1 aromatic heterocycles. The van der Waals surface area contributed by atoms with Crippen LogP contribution in [0.25, 0.3) is 38.6 Å². The molecule has 0 unspecified atom stereocenters. The van der Waals surface area contributed by atoms with Gasteiger partial charge in [0.05, 0.1) is 11.0 Å². The van der Waals surface area contributed by atoms with Crippen molar-refractivity contribution in [1.29, 1.82) is 0 Å². The third kappa shape index (κ3) is 2.25. The fourth-order valence-corrected chi connectivity index (χ4v) is 3.90. The van der Waals surface area contributed by atoms with Crippen molar-refractivity contribution in [3.8, 4) is 16.8 Å². The van der Waals surface area contributed by atoms with Gasteiger partial charge in [-0.05, 0) is 47.9 Å². The molecule has 0 bridgehead atoms. The van der Waals surface area contributed by atoms with Crippen LogP contribution in [0.5, 0.6) is 0 Å². The van der Waals surface area contributed by atoms with Crippen LogP contribution >= 0.6 is 0 Å². The Morgan fingerprint density at radius 2 is 1.12 bits per heavy atom. The van der Waals surface area contributed by atoms with E-state index in [1.165, 1.54) is 44.2 Å².